The Labute approximate surface area is 106 Å². The largest absolute Gasteiger partial charge is 0.381 e. The molecule has 0 aromatic heterocycles. The fourth-order valence-corrected chi connectivity index (χ4v) is 1.79. The van der Waals surface area contributed by atoms with Gasteiger partial charge in [0.2, 0.25) is 0 Å². The first-order valence-electron chi connectivity index (χ1n) is 5.85. The Morgan fingerprint density at radius 2 is 1.67 bits per heavy atom. The standard InChI is InChI=1S/C15H16FNO/c1-18-11-13-5-3-2-4-12(13)10-17-15-8-6-14(16)7-9-15/h2-9,17H,10-11H2,1H3. The highest BCUT2D eigenvalue weighted by atomic mass is 19.1. The van der Waals surface area contributed by atoms with Gasteiger partial charge in [-0.05, 0) is 35.4 Å². The molecular formula is C15H16FNO. The van der Waals surface area contributed by atoms with Gasteiger partial charge < -0.3 is 10.1 Å². The van der Waals surface area contributed by atoms with Crippen LogP contribution in [0.4, 0.5) is 10.1 Å². The maximum Gasteiger partial charge on any atom is 0.123 e. The SMILES string of the molecule is COCc1ccccc1CNc1ccc(F)cc1. The third-order valence-electron chi connectivity index (χ3n) is 2.75. The monoisotopic (exact) mass is 245 g/mol. The van der Waals surface area contributed by atoms with Crippen LogP contribution in [0.15, 0.2) is 48.5 Å². The van der Waals surface area contributed by atoms with E-state index >= 15 is 0 Å². The molecule has 0 saturated carbocycles. The molecule has 0 saturated heterocycles. The Morgan fingerprint density at radius 1 is 1.00 bits per heavy atom. The molecule has 0 atom stereocenters. The van der Waals surface area contributed by atoms with E-state index in [0.717, 1.165) is 11.3 Å². The van der Waals surface area contributed by atoms with Crippen molar-refractivity contribution in [3.05, 3.63) is 65.5 Å². The molecule has 2 aromatic carbocycles. The summed E-state index contributed by atoms with van der Waals surface area (Å²) in [5.74, 6) is -0.222. The number of nitrogens with one attached hydrogen (secondary N) is 1. The molecule has 18 heavy (non-hydrogen) atoms. The van der Waals surface area contributed by atoms with E-state index in [9.17, 15) is 4.39 Å². The lowest BCUT2D eigenvalue weighted by molar-refractivity contribution is 0.184. The molecule has 0 aliphatic rings. The summed E-state index contributed by atoms with van der Waals surface area (Å²) in [6.45, 7) is 1.30. The average Bonchev–Trinajstić information content (AvgIpc) is 2.40. The third-order valence-corrected chi connectivity index (χ3v) is 2.75. The number of hydrogen-bond donors (Lipinski definition) is 1. The van der Waals surface area contributed by atoms with E-state index in [2.05, 4.69) is 11.4 Å². The van der Waals surface area contributed by atoms with Gasteiger partial charge in [-0.3, -0.25) is 0 Å². The van der Waals surface area contributed by atoms with Gasteiger partial charge in [-0.2, -0.15) is 0 Å². The maximum atomic E-state index is 12.8. The number of benzene rings is 2. The van der Waals surface area contributed by atoms with Crippen molar-refractivity contribution < 1.29 is 9.13 Å². The van der Waals surface area contributed by atoms with Crippen LogP contribution in [0.25, 0.3) is 0 Å². The van der Waals surface area contributed by atoms with Gasteiger partial charge in [-0.1, -0.05) is 24.3 Å². The van der Waals surface area contributed by atoms with Crippen LogP contribution in [0.2, 0.25) is 0 Å². The van der Waals surface area contributed by atoms with Gasteiger partial charge in [0.05, 0.1) is 6.61 Å². The molecule has 0 spiro atoms. The second-order valence-corrected chi connectivity index (χ2v) is 4.06. The predicted octanol–water partition coefficient (Wildman–Crippen LogP) is 3.58. The highest BCUT2D eigenvalue weighted by molar-refractivity contribution is 5.44. The number of ether oxygens (including phenoxy) is 1. The van der Waals surface area contributed by atoms with Crippen molar-refractivity contribution in [2.45, 2.75) is 13.2 Å². The van der Waals surface area contributed by atoms with Gasteiger partial charge in [0.25, 0.3) is 0 Å². The summed E-state index contributed by atoms with van der Waals surface area (Å²) in [4.78, 5) is 0. The fourth-order valence-electron chi connectivity index (χ4n) is 1.79. The van der Waals surface area contributed by atoms with Crippen LogP contribution in [0, 0.1) is 5.82 Å². The first-order chi connectivity index (χ1) is 8.79. The van der Waals surface area contributed by atoms with Crippen LogP contribution in [0.3, 0.4) is 0 Å². The molecular weight excluding hydrogens is 229 g/mol. The minimum Gasteiger partial charge on any atom is -0.381 e. The van der Waals surface area contributed by atoms with E-state index in [1.54, 1.807) is 19.2 Å². The third kappa shape index (κ3) is 3.31. The minimum atomic E-state index is -0.222. The number of hydrogen-bond acceptors (Lipinski definition) is 2. The fraction of sp³-hybridized carbons (Fsp3) is 0.200. The van der Waals surface area contributed by atoms with Gasteiger partial charge in [0.15, 0.2) is 0 Å². The summed E-state index contributed by atoms with van der Waals surface area (Å²) < 4.78 is 17.9. The smallest absolute Gasteiger partial charge is 0.123 e. The summed E-state index contributed by atoms with van der Waals surface area (Å²) in [7, 11) is 1.68. The molecule has 2 nitrogen and oxygen atoms in total. The van der Waals surface area contributed by atoms with Crippen molar-refractivity contribution in [1.29, 1.82) is 0 Å². The molecule has 2 aromatic rings. The normalized spacial score (nSPS) is 10.3. The van der Waals surface area contributed by atoms with E-state index in [0.29, 0.717) is 13.2 Å². The maximum absolute atomic E-state index is 12.8. The molecule has 0 heterocycles. The van der Waals surface area contributed by atoms with Crippen molar-refractivity contribution in [3.8, 4) is 0 Å². The molecule has 0 amide bonds. The van der Waals surface area contributed by atoms with Crippen LogP contribution in [-0.2, 0) is 17.9 Å². The molecule has 2 rings (SSSR count). The van der Waals surface area contributed by atoms with E-state index in [-0.39, 0.29) is 5.82 Å². The number of halogens is 1. The molecule has 0 aliphatic heterocycles. The first kappa shape index (κ1) is 12.6. The van der Waals surface area contributed by atoms with Gasteiger partial charge in [0.1, 0.15) is 5.82 Å². The van der Waals surface area contributed by atoms with Crippen LogP contribution in [-0.4, -0.2) is 7.11 Å². The molecule has 0 aliphatic carbocycles. The lowest BCUT2D eigenvalue weighted by Gasteiger charge is -2.10. The number of rotatable bonds is 5. The first-order valence-corrected chi connectivity index (χ1v) is 5.85. The zero-order chi connectivity index (χ0) is 12.8. The van der Waals surface area contributed by atoms with Crippen molar-refractivity contribution in [2.24, 2.45) is 0 Å². The summed E-state index contributed by atoms with van der Waals surface area (Å²) in [6, 6.07) is 14.5. The molecule has 1 N–H and O–H groups in total. The minimum absolute atomic E-state index is 0.222. The zero-order valence-corrected chi connectivity index (χ0v) is 10.3. The summed E-state index contributed by atoms with van der Waals surface area (Å²) in [5.41, 5.74) is 3.25. The van der Waals surface area contributed by atoms with E-state index < -0.39 is 0 Å². The molecule has 0 fully saturated rings. The molecule has 0 unspecified atom stereocenters. The molecule has 0 radical (unpaired) electrons. The Hall–Kier alpha value is -1.87. The summed E-state index contributed by atoms with van der Waals surface area (Å²) >= 11 is 0. The second kappa shape index (κ2) is 6.17. The summed E-state index contributed by atoms with van der Waals surface area (Å²) in [5, 5.41) is 3.26. The van der Waals surface area contributed by atoms with Crippen molar-refractivity contribution in [1.82, 2.24) is 0 Å². The van der Waals surface area contributed by atoms with Crippen molar-refractivity contribution >= 4 is 5.69 Å². The predicted molar refractivity (Wildman–Crippen MR) is 70.9 cm³/mol. The molecule has 0 bridgehead atoms. The molecule has 94 valence electrons. The lowest BCUT2D eigenvalue weighted by atomic mass is 10.1. The van der Waals surface area contributed by atoms with E-state index in [1.165, 1.54) is 17.7 Å². The number of methoxy groups -OCH3 is 1. The second-order valence-electron chi connectivity index (χ2n) is 4.06. The van der Waals surface area contributed by atoms with E-state index in [4.69, 9.17) is 4.74 Å². The average molecular weight is 245 g/mol. The Balaban J connectivity index is 2.03. The number of anilines is 1. The highest BCUT2D eigenvalue weighted by Gasteiger charge is 2.01. The Bertz CT molecular complexity index is 496. The quantitative estimate of drug-likeness (QED) is 0.869. The lowest BCUT2D eigenvalue weighted by Crippen LogP contribution is -2.03. The van der Waals surface area contributed by atoms with Crippen molar-refractivity contribution in [3.63, 3.8) is 0 Å². The van der Waals surface area contributed by atoms with Crippen molar-refractivity contribution in [2.75, 3.05) is 12.4 Å². The Kier molecular flexibility index (Phi) is 4.31. The van der Waals surface area contributed by atoms with Gasteiger partial charge in [0, 0.05) is 19.3 Å². The highest BCUT2D eigenvalue weighted by Crippen LogP contribution is 2.14. The van der Waals surface area contributed by atoms with Crippen LogP contribution in [0.5, 0.6) is 0 Å². The van der Waals surface area contributed by atoms with Gasteiger partial charge in [-0.15, -0.1) is 0 Å². The Morgan fingerprint density at radius 3 is 2.33 bits per heavy atom. The zero-order valence-electron chi connectivity index (χ0n) is 10.3. The van der Waals surface area contributed by atoms with Crippen LogP contribution < -0.4 is 5.32 Å². The van der Waals surface area contributed by atoms with Crippen LogP contribution >= 0.6 is 0 Å². The van der Waals surface area contributed by atoms with E-state index in [1.807, 2.05) is 18.2 Å². The van der Waals surface area contributed by atoms with Crippen LogP contribution in [0.1, 0.15) is 11.1 Å². The van der Waals surface area contributed by atoms with Gasteiger partial charge >= 0.3 is 0 Å². The van der Waals surface area contributed by atoms with Gasteiger partial charge in [-0.25, -0.2) is 4.39 Å². The topological polar surface area (TPSA) is 21.3 Å². The molecule has 3 heteroatoms. The summed E-state index contributed by atoms with van der Waals surface area (Å²) in [6.07, 6.45) is 0.